The van der Waals surface area contributed by atoms with Crippen molar-refractivity contribution in [1.82, 2.24) is 8.54 Å². The molecule has 39 heavy (non-hydrogen) atoms. The number of aromatic nitrogens is 2. The fraction of sp³-hybridized carbons (Fsp3) is 0.133. The number of benzene rings is 3. The van der Waals surface area contributed by atoms with Crippen molar-refractivity contribution >= 4 is 21.4 Å². The Bertz CT molecular complexity index is 1730. The molecular weight excluding hydrogens is 512 g/mol. The van der Waals surface area contributed by atoms with Crippen LogP contribution in [0.3, 0.4) is 0 Å². The first-order valence-corrected chi connectivity index (χ1v) is 13.9. The highest BCUT2D eigenvalue weighted by atomic mass is 32.2. The molecule has 0 amide bonds. The summed E-state index contributed by atoms with van der Waals surface area (Å²) in [4.78, 5) is 13.4. The minimum absolute atomic E-state index is 0.0205. The molecule has 2 heterocycles. The van der Waals surface area contributed by atoms with E-state index in [2.05, 4.69) is 0 Å². The molecule has 3 aromatic carbocycles. The van der Waals surface area contributed by atoms with Gasteiger partial charge in [-0.25, -0.2) is 12.4 Å². The number of anilines is 1. The van der Waals surface area contributed by atoms with E-state index in [-0.39, 0.29) is 17.1 Å². The van der Waals surface area contributed by atoms with E-state index in [9.17, 15) is 18.5 Å². The fourth-order valence-corrected chi connectivity index (χ4v) is 6.06. The minimum Gasteiger partial charge on any atom is -0.369 e. The van der Waals surface area contributed by atoms with Gasteiger partial charge in [0.2, 0.25) is 0 Å². The Balaban J connectivity index is 1.64. The summed E-state index contributed by atoms with van der Waals surface area (Å²) in [7, 11) is -2.02. The van der Waals surface area contributed by atoms with E-state index in [1.165, 1.54) is 10.0 Å². The molecule has 0 bridgehead atoms. The van der Waals surface area contributed by atoms with Crippen molar-refractivity contribution in [3.8, 4) is 11.4 Å². The third-order valence-corrected chi connectivity index (χ3v) is 8.44. The molecule has 5 aromatic rings. The van der Waals surface area contributed by atoms with Gasteiger partial charge in [0.25, 0.3) is 15.7 Å². The van der Waals surface area contributed by atoms with Crippen LogP contribution in [0.5, 0.6) is 0 Å². The van der Waals surface area contributed by atoms with Crippen LogP contribution in [0.15, 0.2) is 114 Å². The summed E-state index contributed by atoms with van der Waals surface area (Å²) in [5.41, 5.74) is 4.35. The van der Waals surface area contributed by atoms with Crippen molar-refractivity contribution in [2.45, 2.75) is 24.9 Å². The van der Waals surface area contributed by atoms with Gasteiger partial charge in [0.15, 0.2) is 0 Å². The second-order valence-corrected chi connectivity index (χ2v) is 11.2. The zero-order valence-corrected chi connectivity index (χ0v) is 22.5. The average molecular weight is 541 g/mol. The number of nitro benzene ring substituents is 1. The Kier molecular flexibility index (Phi) is 7.08. The summed E-state index contributed by atoms with van der Waals surface area (Å²) in [6, 6.07) is 30.5. The van der Waals surface area contributed by atoms with Crippen LogP contribution < -0.4 is 4.90 Å². The first-order valence-electron chi connectivity index (χ1n) is 12.4. The number of nitrogens with zero attached hydrogens (tertiary/aromatic N) is 4. The Morgan fingerprint density at radius 2 is 1.49 bits per heavy atom. The van der Waals surface area contributed by atoms with Crippen LogP contribution in [-0.2, 0) is 23.1 Å². The molecule has 0 aliphatic heterocycles. The summed E-state index contributed by atoms with van der Waals surface area (Å²) in [6.07, 6.45) is 1.64. The van der Waals surface area contributed by atoms with Gasteiger partial charge in [-0.1, -0.05) is 66.7 Å². The number of para-hydroxylation sites is 1. The minimum atomic E-state index is -3.94. The molecule has 0 atom stereocenters. The molecule has 2 aromatic heterocycles. The highest BCUT2D eigenvalue weighted by Gasteiger charge is 2.25. The van der Waals surface area contributed by atoms with Crippen LogP contribution in [0.25, 0.3) is 11.4 Å². The number of aryl methyl sites for hydroxylation is 1. The lowest BCUT2D eigenvalue weighted by atomic mass is 10.1. The largest absolute Gasteiger partial charge is 0.369 e. The van der Waals surface area contributed by atoms with E-state index in [4.69, 9.17) is 0 Å². The lowest BCUT2D eigenvalue weighted by Crippen LogP contribution is -2.16. The predicted molar refractivity (Wildman–Crippen MR) is 152 cm³/mol. The van der Waals surface area contributed by atoms with Crippen LogP contribution >= 0.6 is 0 Å². The molecule has 0 radical (unpaired) electrons. The zero-order valence-electron chi connectivity index (χ0n) is 21.6. The van der Waals surface area contributed by atoms with E-state index < -0.39 is 14.9 Å². The summed E-state index contributed by atoms with van der Waals surface area (Å²) in [5, 5.41) is 11.7. The second kappa shape index (κ2) is 10.6. The summed E-state index contributed by atoms with van der Waals surface area (Å²) in [5.74, 6) is 0. The molecule has 9 heteroatoms. The van der Waals surface area contributed by atoms with Crippen LogP contribution in [0, 0.1) is 17.0 Å². The molecule has 0 N–H and O–H groups in total. The van der Waals surface area contributed by atoms with Gasteiger partial charge in [0.1, 0.15) is 0 Å². The van der Waals surface area contributed by atoms with Crippen LogP contribution in [0.4, 0.5) is 11.4 Å². The van der Waals surface area contributed by atoms with Crippen molar-refractivity contribution < 1.29 is 13.3 Å². The Labute approximate surface area is 227 Å². The fourth-order valence-electron chi connectivity index (χ4n) is 4.68. The molecule has 8 nitrogen and oxygen atoms in total. The van der Waals surface area contributed by atoms with E-state index in [0.717, 1.165) is 16.9 Å². The van der Waals surface area contributed by atoms with Gasteiger partial charge in [-0.05, 0) is 42.8 Å². The molecule has 0 fully saturated rings. The standard InChI is InChI=1S/C30H28N4O4S/c1-23-17-18-29(32(23)21-25-13-9-10-16-28(25)34(35)36)30-19-26(31(2)20-24-11-5-3-6-12-24)22-33(30)39(37,38)27-14-7-4-8-15-27/h3-19,22H,20-21H2,1-2H3. The lowest BCUT2D eigenvalue weighted by molar-refractivity contribution is -0.385. The highest BCUT2D eigenvalue weighted by molar-refractivity contribution is 7.90. The molecule has 5 rings (SSSR count). The molecule has 0 spiro atoms. The van der Waals surface area contributed by atoms with Gasteiger partial charge in [0, 0.05) is 37.1 Å². The van der Waals surface area contributed by atoms with Gasteiger partial charge < -0.3 is 9.47 Å². The SMILES string of the molecule is Cc1ccc(-c2cc(N(C)Cc3ccccc3)cn2S(=O)(=O)c2ccccc2)n1Cc1ccccc1[N+](=O)[O-]. The van der Waals surface area contributed by atoms with E-state index in [1.807, 2.05) is 72.0 Å². The van der Waals surface area contributed by atoms with Crippen LogP contribution in [0.2, 0.25) is 0 Å². The summed E-state index contributed by atoms with van der Waals surface area (Å²) in [6.45, 7) is 2.71. The Morgan fingerprint density at radius 3 is 2.18 bits per heavy atom. The molecule has 0 saturated heterocycles. The molecule has 0 saturated carbocycles. The van der Waals surface area contributed by atoms with Gasteiger partial charge in [-0.15, -0.1) is 0 Å². The number of hydrogen-bond acceptors (Lipinski definition) is 5. The lowest BCUT2D eigenvalue weighted by Gasteiger charge is -2.17. The highest BCUT2D eigenvalue weighted by Crippen LogP contribution is 2.33. The molecule has 0 aliphatic rings. The van der Waals surface area contributed by atoms with Crippen molar-refractivity contribution in [3.63, 3.8) is 0 Å². The Hall–Kier alpha value is -4.63. The third-order valence-electron chi connectivity index (χ3n) is 6.75. The summed E-state index contributed by atoms with van der Waals surface area (Å²) < 4.78 is 31.0. The maximum absolute atomic E-state index is 13.9. The van der Waals surface area contributed by atoms with Crippen molar-refractivity contribution in [2.75, 3.05) is 11.9 Å². The average Bonchev–Trinajstić information content (AvgIpc) is 3.54. The number of nitro groups is 1. The topological polar surface area (TPSA) is 90.4 Å². The zero-order chi connectivity index (χ0) is 27.6. The van der Waals surface area contributed by atoms with E-state index in [0.29, 0.717) is 23.5 Å². The number of rotatable bonds is 9. The van der Waals surface area contributed by atoms with Gasteiger partial charge >= 0.3 is 0 Å². The third kappa shape index (κ3) is 5.21. The van der Waals surface area contributed by atoms with E-state index in [1.54, 1.807) is 54.7 Å². The van der Waals surface area contributed by atoms with E-state index >= 15 is 0 Å². The molecule has 198 valence electrons. The molecule has 0 aliphatic carbocycles. The Morgan fingerprint density at radius 1 is 0.846 bits per heavy atom. The number of hydrogen-bond donors (Lipinski definition) is 0. The normalized spacial score (nSPS) is 11.4. The molecule has 0 unspecified atom stereocenters. The van der Waals surface area contributed by atoms with Gasteiger partial charge in [-0.3, -0.25) is 10.1 Å². The monoisotopic (exact) mass is 540 g/mol. The van der Waals surface area contributed by atoms with Gasteiger partial charge in [-0.2, -0.15) is 0 Å². The summed E-state index contributed by atoms with van der Waals surface area (Å²) >= 11 is 0. The second-order valence-electron chi connectivity index (χ2n) is 9.37. The quantitative estimate of drug-likeness (QED) is 0.167. The maximum Gasteiger partial charge on any atom is 0.274 e. The first kappa shape index (κ1) is 26.0. The van der Waals surface area contributed by atoms with Crippen molar-refractivity contribution in [3.05, 3.63) is 136 Å². The van der Waals surface area contributed by atoms with Gasteiger partial charge in [0.05, 0.1) is 33.4 Å². The molecular formula is C30H28N4O4S. The smallest absolute Gasteiger partial charge is 0.274 e. The van der Waals surface area contributed by atoms with Crippen LogP contribution in [0.1, 0.15) is 16.8 Å². The van der Waals surface area contributed by atoms with Crippen LogP contribution in [-0.4, -0.2) is 28.9 Å². The van der Waals surface area contributed by atoms with Crippen molar-refractivity contribution in [1.29, 1.82) is 0 Å². The first-order chi connectivity index (χ1) is 18.8. The maximum atomic E-state index is 13.9. The van der Waals surface area contributed by atoms with Crippen molar-refractivity contribution in [2.24, 2.45) is 0 Å². The predicted octanol–water partition coefficient (Wildman–Crippen LogP) is 6.09.